The number of unbranched alkanes of at least 4 members (excludes halogenated alkanes) is 7. The lowest BCUT2D eigenvalue weighted by molar-refractivity contribution is -0.118. The van der Waals surface area contributed by atoms with Crippen molar-refractivity contribution in [3.63, 3.8) is 0 Å². The normalized spacial score (nSPS) is 13.1. The standard InChI is InChI=1S/C31H50N2O3S2/c1-4-6-8-10-11-12-13-14-16-18-22-28(21-17-15-9-7-5-2)29(27-34)36-31(35)33(3)25-26-37-38-30-23-19-20-24-32-30/h6,8,11-12,19-20,23-24,27-29H,4-5,7,9-10,13-18,21-22,25-26H2,1-3H3/b8-6+,12-11+. The van der Waals surface area contributed by atoms with Gasteiger partial charge >= 0.3 is 6.09 Å². The molecule has 1 heterocycles. The predicted octanol–water partition coefficient (Wildman–Crippen LogP) is 9.30. The van der Waals surface area contributed by atoms with Crippen LogP contribution in [0.1, 0.15) is 97.3 Å². The van der Waals surface area contributed by atoms with E-state index in [0.29, 0.717) is 6.54 Å². The lowest BCUT2D eigenvalue weighted by Gasteiger charge is -2.26. The molecule has 0 aromatic carbocycles. The molecule has 1 aromatic rings. The van der Waals surface area contributed by atoms with Gasteiger partial charge in [-0.3, -0.25) is 4.79 Å². The van der Waals surface area contributed by atoms with Gasteiger partial charge in [-0.1, -0.05) is 100.0 Å². The third kappa shape index (κ3) is 17.7. The summed E-state index contributed by atoms with van der Waals surface area (Å²) in [6, 6.07) is 5.82. The molecule has 2 atom stereocenters. The average Bonchev–Trinajstić information content (AvgIpc) is 2.94. The number of carbonyl (C=O) groups is 2. The maximum Gasteiger partial charge on any atom is 0.410 e. The fourth-order valence-corrected chi connectivity index (χ4v) is 6.01. The first-order chi connectivity index (χ1) is 18.6. The Labute approximate surface area is 240 Å². The molecule has 1 rings (SSSR count). The second kappa shape index (κ2) is 24.3. The third-order valence-corrected chi connectivity index (χ3v) is 8.65. The largest absolute Gasteiger partial charge is 0.438 e. The van der Waals surface area contributed by atoms with Crippen LogP contribution in [0, 0.1) is 5.92 Å². The molecule has 0 saturated heterocycles. The van der Waals surface area contributed by atoms with Gasteiger partial charge in [0, 0.05) is 31.5 Å². The highest BCUT2D eigenvalue weighted by molar-refractivity contribution is 8.76. The Balaban J connectivity index is 2.46. The van der Waals surface area contributed by atoms with Crippen LogP contribution in [0.5, 0.6) is 0 Å². The number of hydrogen-bond acceptors (Lipinski definition) is 6. The average molecular weight is 563 g/mol. The summed E-state index contributed by atoms with van der Waals surface area (Å²) in [5.74, 6) is 0.846. The first-order valence-corrected chi connectivity index (χ1v) is 16.8. The molecule has 5 nitrogen and oxygen atoms in total. The molecule has 0 aliphatic heterocycles. The minimum Gasteiger partial charge on any atom is -0.438 e. The molecular weight excluding hydrogens is 512 g/mol. The van der Waals surface area contributed by atoms with Gasteiger partial charge in [0.05, 0.1) is 0 Å². The van der Waals surface area contributed by atoms with Crippen LogP contribution >= 0.6 is 21.6 Å². The number of hydrogen-bond donors (Lipinski definition) is 0. The maximum atomic E-state index is 12.7. The number of aromatic nitrogens is 1. The monoisotopic (exact) mass is 562 g/mol. The molecule has 0 aliphatic rings. The van der Waals surface area contributed by atoms with E-state index in [9.17, 15) is 9.59 Å². The van der Waals surface area contributed by atoms with Crippen molar-refractivity contribution in [1.82, 2.24) is 9.88 Å². The Morgan fingerprint density at radius 3 is 2.42 bits per heavy atom. The van der Waals surface area contributed by atoms with Crippen LogP contribution in [0.15, 0.2) is 53.7 Å². The topological polar surface area (TPSA) is 59.5 Å². The van der Waals surface area contributed by atoms with Gasteiger partial charge in [0.15, 0.2) is 12.4 Å². The zero-order valence-electron chi connectivity index (χ0n) is 23.9. The molecular formula is C31H50N2O3S2. The van der Waals surface area contributed by atoms with E-state index in [1.807, 2.05) is 18.2 Å². The first kappa shape index (κ1) is 34.3. The SMILES string of the molecule is CC/C=C/C/C=C/CCCCCC(CCCCCCC)C(C=O)OC(=O)N(C)CCSSc1ccccn1. The number of amides is 1. The zero-order valence-corrected chi connectivity index (χ0v) is 25.5. The van der Waals surface area contributed by atoms with Crippen molar-refractivity contribution >= 4 is 34.0 Å². The van der Waals surface area contributed by atoms with Gasteiger partial charge in [0.2, 0.25) is 0 Å². The zero-order chi connectivity index (χ0) is 27.7. The highest BCUT2D eigenvalue weighted by Gasteiger charge is 2.25. The summed E-state index contributed by atoms with van der Waals surface area (Å²) >= 11 is 0. The van der Waals surface area contributed by atoms with Gasteiger partial charge in [-0.15, -0.1) is 0 Å². The van der Waals surface area contributed by atoms with E-state index in [1.54, 1.807) is 39.7 Å². The number of nitrogens with zero attached hydrogens (tertiary/aromatic N) is 2. The van der Waals surface area contributed by atoms with Crippen LogP contribution in [0.4, 0.5) is 4.79 Å². The number of ether oxygens (including phenoxy) is 1. The molecule has 214 valence electrons. The Morgan fingerprint density at radius 1 is 1.00 bits per heavy atom. The summed E-state index contributed by atoms with van der Waals surface area (Å²) < 4.78 is 5.73. The van der Waals surface area contributed by atoms with E-state index in [0.717, 1.165) is 74.9 Å². The number of carbonyl (C=O) groups excluding carboxylic acids is 2. The summed E-state index contributed by atoms with van der Waals surface area (Å²) in [5.41, 5.74) is 0. The van der Waals surface area contributed by atoms with E-state index < -0.39 is 12.2 Å². The number of pyridine rings is 1. The van der Waals surface area contributed by atoms with E-state index in [2.05, 4.69) is 43.1 Å². The molecule has 38 heavy (non-hydrogen) atoms. The van der Waals surface area contributed by atoms with Gasteiger partial charge in [0.25, 0.3) is 0 Å². The van der Waals surface area contributed by atoms with Crippen LogP contribution < -0.4 is 0 Å². The van der Waals surface area contributed by atoms with Crippen LogP contribution in [-0.2, 0) is 9.53 Å². The van der Waals surface area contributed by atoms with Crippen molar-refractivity contribution in [3.05, 3.63) is 48.7 Å². The van der Waals surface area contributed by atoms with Gasteiger partial charge in [-0.25, -0.2) is 9.78 Å². The van der Waals surface area contributed by atoms with E-state index in [1.165, 1.54) is 25.7 Å². The smallest absolute Gasteiger partial charge is 0.410 e. The molecule has 7 heteroatoms. The van der Waals surface area contributed by atoms with Crippen LogP contribution in [0.3, 0.4) is 0 Å². The molecule has 0 N–H and O–H groups in total. The van der Waals surface area contributed by atoms with Gasteiger partial charge in [-0.05, 0) is 61.5 Å². The third-order valence-electron chi connectivity index (χ3n) is 6.40. The lowest BCUT2D eigenvalue weighted by atomic mass is 9.90. The summed E-state index contributed by atoms with van der Waals surface area (Å²) in [6.07, 6.45) is 24.8. The molecule has 2 unspecified atom stereocenters. The van der Waals surface area contributed by atoms with E-state index in [-0.39, 0.29) is 5.92 Å². The quantitative estimate of drug-likeness (QED) is 0.0573. The van der Waals surface area contributed by atoms with E-state index in [4.69, 9.17) is 4.74 Å². The fraction of sp³-hybridized carbons (Fsp3) is 0.645. The molecule has 0 fully saturated rings. The van der Waals surface area contributed by atoms with Crippen molar-refractivity contribution in [2.24, 2.45) is 5.92 Å². The molecule has 1 aromatic heterocycles. The van der Waals surface area contributed by atoms with Crippen LogP contribution in [0.25, 0.3) is 0 Å². The summed E-state index contributed by atoms with van der Waals surface area (Å²) in [7, 11) is 4.98. The van der Waals surface area contributed by atoms with Crippen molar-refractivity contribution in [2.45, 2.75) is 108 Å². The van der Waals surface area contributed by atoms with Crippen molar-refractivity contribution < 1.29 is 14.3 Å². The van der Waals surface area contributed by atoms with Crippen LogP contribution in [-0.4, -0.2) is 47.7 Å². The molecule has 1 amide bonds. The van der Waals surface area contributed by atoms with Crippen molar-refractivity contribution in [1.29, 1.82) is 0 Å². The first-order valence-electron chi connectivity index (χ1n) is 14.5. The highest BCUT2D eigenvalue weighted by Crippen LogP contribution is 2.29. The Hall–Kier alpha value is -1.73. The molecule has 0 bridgehead atoms. The van der Waals surface area contributed by atoms with Gasteiger partial charge < -0.3 is 9.64 Å². The van der Waals surface area contributed by atoms with Gasteiger partial charge in [-0.2, -0.15) is 0 Å². The second-order valence-electron chi connectivity index (χ2n) is 9.67. The molecule has 0 radical (unpaired) electrons. The number of aldehydes is 1. The molecule has 0 saturated carbocycles. The summed E-state index contributed by atoms with van der Waals surface area (Å²) in [6.45, 7) is 4.92. The van der Waals surface area contributed by atoms with Crippen LogP contribution in [0.2, 0.25) is 0 Å². The lowest BCUT2D eigenvalue weighted by Crippen LogP contribution is -2.36. The second-order valence-corrected chi connectivity index (χ2v) is 12.1. The molecule has 0 spiro atoms. The fourth-order valence-electron chi connectivity index (χ4n) is 4.09. The Morgan fingerprint density at radius 2 is 1.74 bits per heavy atom. The van der Waals surface area contributed by atoms with E-state index >= 15 is 0 Å². The van der Waals surface area contributed by atoms with Gasteiger partial charge in [0.1, 0.15) is 5.03 Å². The Bertz CT molecular complexity index is 774. The number of allylic oxidation sites excluding steroid dienone is 4. The maximum absolute atomic E-state index is 12.7. The Kier molecular flexibility index (Phi) is 22.0. The predicted molar refractivity (Wildman–Crippen MR) is 165 cm³/mol. The summed E-state index contributed by atoms with van der Waals surface area (Å²) in [5, 5.41) is 0.950. The number of rotatable bonds is 23. The summed E-state index contributed by atoms with van der Waals surface area (Å²) in [4.78, 5) is 30.6. The van der Waals surface area contributed by atoms with Crippen molar-refractivity contribution in [2.75, 3.05) is 19.3 Å². The minimum atomic E-state index is -0.670. The highest BCUT2D eigenvalue weighted by atomic mass is 33.1. The molecule has 0 aliphatic carbocycles. The van der Waals surface area contributed by atoms with Crippen molar-refractivity contribution in [3.8, 4) is 0 Å². The minimum absolute atomic E-state index is 0.0929.